The molecule has 0 aliphatic carbocycles. The molecule has 1 aromatic rings. The highest BCUT2D eigenvalue weighted by Gasteiger charge is 2.09. The van der Waals surface area contributed by atoms with Crippen LogP contribution in [0, 0.1) is 5.92 Å². The molecule has 1 rings (SSSR count). The summed E-state index contributed by atoms with van der Waals surface area (Å²) in [7, 11) is -3.10. The first-order chi connectivity index (χ1) is 7.80. The van der Waals surface area contributed by atoms with E-state index in [-0.39, 0.29) is 6.04 Å². The van der Waals surface area contributed by atoms with Crippen LogP contribution in [-0.4, -0.2) is 26.5 Å². The number of rotatable bonds is 5. The molecule has 0 aliphatic rings. The van der Waals surface area contributed by atoms with Crippen LogP contribution in [0.2, 0.25) is 0 Å². The van der Waals surface area contributed by atoms with Gasteiger partial charge in [-0.25, -0.2) is 8.42 Å². The predicted octanol–water partition coefficient (Wildman–Crippen LogP) is 2.17. The van der Waals surface area contributed by atoms with E-state index in [2.05, 4.69) is 13.8 Å². The van der Waals surface area contributed by atoms with Crippen LogP contribution >= 0.6 is 11.8 Å². The van der Waals surface area contributed by atoms with E-state index in [9.17, 15) is 8.42 Å². The summed E-state index contributed by atoms with van der Waals surface area (Å²) in [5.74, 6) is 1.30. The van der Waals surface area contributed by atoms with Crippen LogP contribution in [-0.2, 0) is 9.84 Å². The zero-order valence-electron chi connectivity index (χ0n) is 10.4. The molecule has 0 fully saturated rings. The molecule has 1 unspecified atom stereocenters. The van der Waals surface area contributed by atoms with Gasteiger partial charge >= 0.3 is 0 Å². The molecule has 1 aromatic carbocycles. The maximum Gasteiger partial charge on any atom is 0.175 e. The lowest BCUT2D eigenvalue weighted by molar-refractivity contribution is 0.535. The van der Waals surface area contributed by atoms with Gasteiger partial charge in [0, 0.05) is 22.9 Å². The Labute approximate surface area is 108 Å². The molecule has 0 aliphatic heterocycles. The van der Waals surface area contributed by atoms with Crippen molar-refractivity contribution in [3.05, 3.63) is 24.3 Å². The minimum absolute atomic E-state index is 0.162. The summed E-state index contributed by atoms with van der Waals surface area (Å²) < 4.78 is 22.5. The van der Waals surface area contributed by atoms with Crippen LogP contribution in [0.15, 0.2) is 34.1 Å². The molecule has 0 radical (unpaired) electrons. The maximum atomic E-state index is 11.3. The van der Waals surface area contributed by atoms with E-state index in [1.165, 1.54) is 6.26 Å². The quantitative estimate of drug-likeness (QED) is 0.835. The summed E-state index contributed by atoms with van der Waals surface area (Å²) in [5, 5.41) is 0. The van der Waals surface area contributed by atoms with Crippen LogP contribution in [0.25, 0.3) is 0 Å². The van der Waals surface area contributed by atoms with E-state index in [4.69, 9.17) is 5.73 Å². The highest BCUT2D eigenvalue weighted by molar-refractivity contribution is 7.99. The molecule has 0 bridgehead atoms. The van der Waals surface area contributed by atoms with Crippen LogP contribution in [0.4, 0.5) is 0 Å². The van der Waals surface area contributed by atoms with Gasteiger partial charge < -0.3 is 5.73 Å². The van der Waals surface area contributed by atoms with E-state index in [1.807, 2.05) is 12.1 Å². The van der Waals surface area contributed by atoms with Gasteiger partial charge in [-0.15, -0.1) is 11.8 Å². The van der Waals surface area contributed by atoms with Crippen LogP contribution in [0.5, 0.6) is 0 Å². The van der Waals surface area contributed by atoms with E-state index in [0.717, 1.165) is 10.6 Å². The topological polar surface area (TPSA) is 60.2 Å². The van der Waals surface area contributed by atoms with Gasteiger partial charge in [-0.3, -0.25) is 0 Å². The monoisotopic (exact) mass is 273 g/mol. The van der Waals surface area contributed by atoms with Crippen LogP contribution < -0.4 is 5.73 Å². The molecule has 0 heterocycles. The van der Waals surface area contributed by atoms with Crippen LogP contribution in [0.1, 0.15) is 13.8 Å². The molecular weight excluding hydrogens is 254 g/mol. The molecule has 0 spiro atoms. The summed E-state index contributed by atoms with van der Waals surface area (Å²) in [6.07, 6.45) is 1.21. The Balaban J connectivity index is 2.64. The number of hydrogen-bond donors (Lipinski definition) is 1. The average molecular weight is 273 g/mol. The summed E-state index contributed by atoms with van der Waals surface area (Å²) in [6, 6.07) is 7.09. The highest BCUT2D eigenvalue weighted by atomic mass is 32.2. The van der Waals surface area contributed by atoms with E-state index >= 15 is 0 Å². The third-order valence-corrected chi connectivity index (χ3v) is 4.84. The molecule has 17 heavy (non-hydrogen) atoms. The molecule has 0 aromatic heterocycles. The molecular formula is C12H19NO2S2. The average Bonchev–Trinajstić information content (AvgIpc) is 2.25. The summed E-state index contributed by atoms with van der Waals surface area (Å²) >= 11 is 1.66. The SMILES string of the molecule is CC(C)C(N)CSc1ccc(S(C)(=O)=O)cc1. The summed E-state index contributed by atoms with van der Waals surface area (Å²) in [5.41, 5.74) is 5.95. The Hall–Kier alpha value is -0.520. The maximum absolute atomic E-state index is 11.3. The standard InChI is InChI=1S/C12H19NO2S2/c1-9(2)12(13)8-16-10-4-6-11(7-5-10)17(3,14)15/h4-7,9,12H,8,13H2,1-3H3. The van der Waals surface area contributed by atoms with Crippen molar-refractivity contribution >= 4 is 21.6 Å². The summed E-state index contributed by atoms with van der Waals surface area (Å²) in [4.78, 5) is 1.41. The summed E-state index contributed by atoms with van der Waals surface area (Å²) in [6.45, 7) is 4.19. The van der Waals surface area contributed by atoms with Gasteiger partial charge in [0.2, 0.25) is 0 Å². The van der Waals surface area contributed by atoms with Crippen LogP contribution in [0.3, 0.4) is 0 Å². The van der Waals surface area contributed by atoms with Crippen molar-refractivity contribution < 1.29 is 8.42 Å². The van der Waals surface area contributed by atoms with E-state index in [1.54, 1.807) is 23.9 Å². The van der Waals surface area contributed by atoms with Crippen molar-refractivity contribution in [2.75, 3.05) is 12.0 Å². The number of sulfone groups is 1. The molecule has 1 atom stereocenters. The zero-order valence-corrected chi connectivity index (χ0v) is 12.0. The van der Waals surface area contributed by atoms with Crippen molar-refractivity contribution in [2.24, 2.45) is 11.7 Å². The zero-order chi connectivity index (χ0) is 13.1. The van der Waals surface area contributed by atoms with Crippen molar-refractivity contribution in [3.63, 3.8) is 0 Å². The molecule has 5 heteroatoms. The van der Waals surface area contributed by atoms with Gasteiger partial charge in [-0.1, -0.05) is 13.8 Å². The first-order valence-electron chi connectivity index (χ1n) is 5.49. The highest BCUT2D eigenvalue weighted by Crippen LogP contribution is 2.21. The molecule has 3 nitrogen and oxygen atoms in total. The fraction of sp³-hybridized carbons (Fsp3) is 0.500. The second kappa shape index (κ2) is 5.89. The number of hydrogen-bond acceptors (Lipinski definition) is 4. The van der Waals surface area contributed by atoms with Crippen molar-refractivity contribution in [1.82, 2.24) is 0 Å². The second-order valence-corrected chi connectivity index (χ2v) is 7.57. The Morgan fingerprint density at radius 2 is 1.76 bits per heavy atom. The van der Waals surface area contributed by atoms with Gasteiger partial charge in [0.05, 0.1) is 4.90 Å². The normalized spacial score (nSPS) is 13.9. The fourth-order valence-electron chi connectivity index (χ4n) is 1.17. The van der Waals surface area contributed by atoms with Gasteiger partial charge in [0.15, 0.2) is 9.84 Å². The smallest absolute Gasteiger partial charge is 0.175 e. The van der Waals surface area contributed by atoms with Crippen molar-refractivity contribution in [3.8, 4) is 0 Å². The molecule has 2 N–H and O–H groups in total. The predicted molar refractivity (Wildman–Crippen MR) is 73.1 cm³/mol. The number of benzene rings is 1. The largest absolute Gasteiger partial charge is 0.327 e. The molecule has 0 saturated heterocycles. The lowest BCUT2D eigenvalue weighted by Gasteiger charge is -2.14. The number of thioether (sulfide) groups is 1. The Kier molecular flexibility index (Phi) is 5.04. The third kappa shape index (κ3) is 4.69. The van der Waals surface area contributed by atoms with E-state index < -0.39 is 9.84 Å². The lowest BCUT2D eigenvalue weighted by atomic mass is 10.1. The van der Waals surface area contributed by atoms with Gasteiger partial charge in [-0.05, 0) is 30.2 Å². The van der Waals surface area contributed by atoms with Gasteiger partial charge in [0.25, 0.3) is 0 Å². The van der Waals surface area contributed by atoms with Crippen molar-refractivity contribution in [2.45, 2.75) is 29.7 Å². The van der Waals surface area contributed by atoms with Gasteiger partial charge in [-0.2, -0.15) is 0 Å². The molecule has 96 valence electrons. The molecule has 0 amide bonds. The Morgan fingerprint density at radius 3 is 2.18 bits per heavy atom. The second-order valence-electron chi connectivity index (χ2n) is 4.46. The Morgan fingerprint density at radius 1 is 1.24 bits per heavy atom. The first kappa shape index (κ1) is 14.5. The minimum Gasteiger partial charge on any atom is -0.327 e. The Bertz CT molecular complexity index is 452. The first-order valence-corrected chi connectivity index (χ1v) is 8.37. The minimum atomic E-state index is -3.10. The lowest BCUT2D eigenvalue weighted by Crippen LogP contribution is -2.28. The van der Waals surface area contributed by atoms with E-state index in [0.29, 0.717) is 10.8 Å². The third-order valence-electron chi connectivity index (χ3n) is 2.55. The number of nitrogens with two attached hydrogens (primary N) is 1. The fourth-order valence-corrected chi connectivity index (χ4v) is 2.90. The molecule has 0 saturated carbocycles. The van der Waals surface area contributed by atoms with Gasteiger partial charge in [0.1, 0.15) is 0 Å². The van der Waals surface area contributed by atoms with Crippen molar-refractivity contribution in [1.29, 1.82) is 0 Å².